The van der Waals surface area contributed by atoms with Gasteiger partial charge in [0.15, 0.2) is 11.5 Å². The molecule has 0 fully saturated rings. The number of carbonyl (C=O) groups is 1. The van der Waals surface area contributed by atoms with E-state index in [1.165, 1.54) is 13.2 Å². The van der Waals surface area contributed by atoms with Gasteiger partial charge >= 0.3 is 0 Å². The summed E-state index contributed by atoms with van der Waals surface area (Å²) in [5.74, 6) is 2.89. The molecule has 1 aromatic carbocycles. The van der Waals surface area contributed by atoms with Crippen molar-refractivity contribution in [3.8, 4) is 23.8 Å². The summed E-state index contributed by atoms with van der Waals surface area (Å²) in [6.45, 7) is 2.67. The molecule has 0 aliphatic heterocycles. The van der Waals surface area contributed by atoms with E-state index in [1.54, 1.807) is 6.07 Å². The molecular formula is C14H16ClNO3. The van der Waals surface area contributed by atoms with Gasteiger partial charge in [-0.05, 0) is 18.6 Å². The van der Waals surface area contributed by atoms with Gasteiger partial charge < -0.3 is 14.8 Å². The molecule has 1 N–H and O–H groups in total. The van der Waals surface area contributed by atoms with Gasteiger partial charge in [-0.25, -0.2) is 0 Å². The molecule has 0 spiro atoms. The highest BCUT2D eigenvalue weighted by molar-refractivity contribution is 6.32. The first-order valence-corrected chi connectivity index (χ1v) is 6.23. The molecule has 102 valence electrons. The van der Waals surface area contributed by atoms with Crippen molar-refractivity contribution >= 4 is 17.5 Å². The summed E-state index contributed by atoms with van der Waals surface area (Å²) in [6.07, 6.45) is 5.94. The normalized spacial score (nSPS) is 9.58. The number of amides is 1. The van der Waals surface area contributed by atoms with E-state index < -0.39 is 0 Å². The lowest BCUT2D eigenvalue weighted by molar-refractivity contribution is 0.0958. The molecule has 1 amide bonds. The number of benzene rings is 1. The Labute approximate surface area is 118 Å². The molecule has 4 nitrogen and oxygen atoms in total. The summed E-state index contributed by atoms with van der Waals surface area (Å²) < 4.78 is 10.7. The number of nitrogens with one attached hydrogen (secondary N) is 1. The summed E-state index contributed by atoms with van der Waals surface area (Å²) in [4.78, 5) is 11.8. The first-order valence-electron chi connectivity index (χ1n) is 5.86. The van der Waals surface area contributed by atoms with Crippen LogP contribution in [0.3, 0.4) is 0 Å². The third kappa shape index (κ3) is 4.08. The average molecular weight is 282 g/mol. The van der Waals surface area contributed by atoms with E-state index in [0.29, 0.717) is 28.7 Å². The van der Waals surface area contributed by atoms with E-state index >= 15 is 0 Å². The van der Waals surface area contributed by atoms with Crippen LogP contribution in [-0.4, -0.2) is 26.2 Å². The summed E-state index contributed by atoms with van der Waals surface area (Å²) in [6, 6.07) is 3.10. The predicted octanol–water partition coefficient (Wildman–Crippen LogP) is 2.50. The first-order chi connectivity index (χ1) is 9.13. The molecule has 0 aromatic heterocycles. The Morgan fingerprint density at radius 3 is 2.84 bits per heavy atom. The van der Waals surface area contributed by atoms with Crippen molar-refractivity contribution < 1.29 is 14.3 Å². The van der Waals surface area contributed by atoms with Crippen LogP contribution < -0.4 is 14.8 Å². The summed E-state index contributed by atoms with van der Waals surface area (Å²) >= 11 is 6.10. The van der Waals surface area contributed by atoms with E-state index in [9.17, 15) is 4.79 Å². The molecule has 0 bridgehead atoms. The van der Waals surface area contributed by atoms with Crippen LogP contribution in [0.5, 0.6) is 11.5 Å². The van der Waals surface area contributed by atoms with E-state index in [1.807, 2.05) is 6.92 Å². The highest BCUT2D eigenvalue weighted by atomic mass is 35.5. The van der Waals surface area contributed by atoms with Crippen LogP contribution in [0, 0.1) is 12.3 Å². The van der Waals surface area contributed by atoms with Crippen molar-refractivity contribution in [2.45, 2.75) is 13.3 Å². The second kappa shape index (κ2) is 7.55. The third-order valence-electron chi connectivity index (χ3n) is 2.29. The Kier molecular flexibility index (Phi) is 6.04. The maximum atomic E-state index is 11.8. The largest absolute Gasteiger partial charge is 0.493 e. The number of rotatable bonds is 6. The van der Waals surface area contributed by atoms with Crippen LogP contribution in [-0.2, 0) is 0 Å². The number of carbonyl (C=O) groups excluding carboxylic acids is 1. The second-order valence-corrected chi connectivity index (χ2v) is 4.13. The zero-order valence-electron chi connectivity index (χ0n) is 11.0. The lowest BCUT2D eigenvalue weighted by Gasteiger charge is -2.13. The Balaban J connectivity index is 3.02. The molecule has 0 heterocycles. The van der Waals surface area contributed by atoms with Crippen molar-refractivity contribution in [3.05, 3.63) is 22.7 Å². The minimum absolute atomic E-state index is 0.160. The van der Waals surface area contributed by atoms with Gasteiger partial charge in [-0.3, -0.25) is 4.79 Å². The fraction of sp³-hybridized carbons (Fsp3) is 0.357. The fourth-order valence-electron chi connectivity index (χ4n) is 1.43. The van der Waals surface area contributed by atoms with Gasteiger partial charge in [-0.15, -0.1) is 6.42 Å². The Morgan fingerprint density at radius 1 is 1.53 bits per heavy atom. The number of halogens is 1. The highest BCUT2D eigenvalue weighted by Gasteiger charge is 2.15. The van der Waals surface area contributed by atoms with E-state index in [4.69, 9.17) is 27.5 Å². The summed E-state index contributed by atoms with van der Waals surface area (Å²) in [5.41, 5.74) is 0.376. The fourth-order valence-corrected chi connectivity index (χ4v) is 1.69. The third-order valence-corrected chi connectivity index (χ3v) is 2.57. The number of hydrogen-bond acceptors (Lipinski definition) is 3. The highest BCUT2D eigenvalue weighted by Crippen LogP contribution is 2.36. The standard InChI is InChI=1S/C14H16ClNO3/c1-4-6-16-14(17)10-8-11(15)13(19-7-5-2)12(9-10)18-3/h1,8-9H,5-7H2,2-3H3,(H,16,17). The van der Waals surface area contributed by atoms with Gasteiger partial charge in [0.05, 0.1) is 25.3 Å². The molecule has 1 rings (SSSR count). The number of methoxy groups -OCH3 is 1. The summed E-state index contributed by atoms with van der Waals surface area (Å²) in [7, 11) is 1.49. The molecule has 0 saturated heterocycles. The quantitative estimate of drug-likeness (QED) is 0.815. The van der Waals surface area contributed by atoms with E-state index in [-0.39, 0.29) is 12.5 Å². The number of ether oxygens (including phenoxy) is 2. The zero-order valence-corrected chi connectivity index (χ0v) is 11.7. The average Bonchev–Trinajstić information content (AvgIpc) is 2.42. The number of terminal acetylenes is 1. The molecule has 1 aromatic rings. The maximum Gasteiger partial charge on any atom is 0.252 e. The molecule has 0 unspecified atom stereocenters. The van der Waals surface area contributed by atoms with E-state index in [2.05, 4.69) is 11.2 Å². The van der Waals surface area contributed by atoms with Crippen molar-refractivity contribution in [3.63, 3.8) is 0 Å². The van der Waals surface area contributed by atoms with Gasteiger partial charge in [0, 0.05) is 5.56 Å². The van der Waals surface area contributed by atoms with Gasteiger partial charge in [0.1, 0.15) is 0 Å². The minimum Gasteiger partial charge on any atom is -0.493 e. The van der Waals surface area contributed by atoms with Crippen LogP contribution >= 0.6 is 11.6 Å². The Morgan fingerprint density at radius 2 is 2.26 bits per heavy atom. The smallest absolute Gasteiger partial charge is 0.252 e. The van der Waals surface area contributed by atoms with Crippen LogP contribution in [0.15, 0.2) is 12.1 Å². The SMILES string of the molecule is C#CCNC(=O)c1cc(Cl)c(OCCC)c(OC)c1. The van der Waals surface area contributed by atoms with Crippen LogP contribution in [0.1, 0.15) is 23.7 Å². The molecule has 0 aliphatic carbocycles. The molecular weight excluding hydrogens is 266 g/mol. The van der Waals surface area contributed by atoms with Gasteiger partial charge in [0.25, 0.3) is 5.91 Å². The van der Waals surface area contributed by atoms with Gasteiger partial charge in [0.2, 0.25) is 0 Å². The van der Waals surface area contributed by atoms with Crippen molar-refractivity contribution in [1.29, 1.82) is 0 Å². The predicted molar refractivity (Wildman–Crippen MR) is 75.0 cm³/mol. The summed E-state index contributed by atoms with van der Waals surface area (Å²) in [5, 5.41) is 2.89. The lowest BCUT2D eigenvalue weighted by atomic mass is 10.2. The zero-order chi connectivity index (χ0) is 14.3. The first kappa shape index (κ1) is 15.2. The molecule has 0 radical (unpaired) electrons. The Hall–Kier alpha value is -1.86. The minimum atomic E-state index is -0.305. The second-order valence-electron chi connectivity index (χ2n) is 3.72. The maximum absolute atomic E-state index is 11.8. The van der Waals surface area contributed by atoms with Crippen molar-refractivity contribution in [2.24, 2.45) is 0 Å². The van der Waals surface area contributed by atoms with Crippen molar-refractivity contribution in [1.82, 2.24) is 5.32 Å². The lowest BCUT2D eigenvalue weighted by Crippen LogP contribution is -2.23. The van der Waals surface area contributed by atoms with Crippen LogP contribution in [0.2, 0.25) is 5.02 Å². The van der Waals surface area contributed by atoms with Crippen molar-refractivity contribution in [2.75, 3.05) is 20.3 Å². The van der Waals surface area contributed by atoms with Crippen LogP contribution in [0.4, 0.5) is 0 Å². The topological polar surface area (TPSA) is 47.6 Å². The van der Waals surface area contributed by atoms with E-state index in [0.717, 1.165) is 6.42 Å². The molecule has 19 heavy (non-hydrogen) atoms. The monoisotopic (exact) mass is 281 g/mol. The van der Waals surface area contributed by atoms with Crippen LogP contribution in [0.25, 0.3) is 0 Å². The molecule has 0 aliphatic rings. The molecule has 0 atom stereocenters. The Bertz CT molecular complexity index is 494. The van der Waals surface area contributed by atoms with Gasteiger partial charge in [-0.1, -0.05) is 24.4 Å². The molecule has 5 heteroatoms. The molecule has 0 saturated carbocycles. The van der Waals surface area contributed by atoms with Gasteiger partial charge in [-0.2, -0.15) is 0 Å². The number of hydrogen-bond donors (Lipinski definition) is 1.